The van der Waals surface area contributed by atoms with Gasteiger partial charge in [0.25, 0.3) is 0 Å². The van der Waals surface area contributed by atoms with Gasteiger partial charge in [-0.15, -0.1) is 0 Å². The van der Waals surface area contributed by atoms with Gasteiger partial charge >= 0.3 is 0 Å². The normalized spacial score (nSPS) is 11.5. The molecule has 6 aromatic rings. The fraction of sp³-hybridized carbons (Fsp3) is 0.0930. The number of hydrogen-bond acceptors (Lipinski definition) is 5. The third-order valence-electron chi connectivity index (χ3n) is 8.04. The molecule has 1 unspecified atom stereocenters. The molecular formula is C43H35O4S2+. The van der Waals surface area contributed by atoms with Crippen LogP contribution >= 0.6 is 11.8 Å². The van der Waals surface area contributed by atoms with Crippen molar-refractivity contribution in [3.05, 3.63) is 173 Å². The highest BCUT2D eigenvalue weighted by atomic mass is 32.2. The Bertz CT molecular complexity index is 1820. The summed E-state index contributed by atoms with van der Waals surface area (Å²) >= 11 is 1.67. The van der Waals surface area contributed by atoms with Crippen molar-refractivity contribution in [2.24, 2.45) is 0 Å². The minimum Gasteiger partial charge on any atom is -0.457 e. The number of hydrogen-bond donors (Lipinski definition) is 0. The minimum absolute atomic E-state index is 0.0224. The maximum absolute atomic E-state index is 11.7. The smallest absolute Gasteiger partial charge is 0.166 e. The summed E-state index contributed by atoms with van der Waals surface area (Å²) in [6.07, 6.45) is 0.783. The second kappa shape index (κ2) is 15.4. The van der Waals surface area contributed by atoms with Gasteiger partial charge in [-0.1, -0.05) is 60.3 Å². The Morgan fingerprint density at radius 3 is 1.18 bits per heavy atom. The highest BCUT2D eigenvalue weighted by Gasteiger charge is 2.29. The van der Waals surface area contributed by atoms with Gasteiger partial charge < -0.3 is 4.74 Å². The fourth-order valence-electron chi connectivity index (χ4n) is 5.32. The molecule has 1 atom stereocenters. The molecule has 0 fully saturated rings. The van der Waals surface area contributed by atoms with E-state index in [-0.39, 0.29) is 28.2 Å². The first-order chi connectivity index (χ1) is 23.7. The molecule has 6 rings (SSSR count). The zero-order valence-electron chi connectivity index (χ0n) is 27.5. The molecule has 0 N–H and O–H groups in total. The van der Waals surface area contributed by atoms with E-state index in [9.17, 15) is 14.4 Å². The topological polar surface area (TPSA) is 60.4 Å². The van der Waals surface area contributed by atoms with E-state index in [1.165, 1.54) is 15.4 Å². The highest BCUT2D eigenvalue weighted by molar-refractivity contribution is 7.99. The first-order valence-corrected chi connectivity index (χ1v) is 18.0. The van der Waals surface area contributed by atoms with Crippen molar-refractivity contribution >= 4 is 40.0 Å². The molecule has 0 radical (unpaired) electrons. The number of ether oxygens (including phenoxy) is 1. The van der Waals surface area contributed by atoms with Crippen LogP contribution in [0.3, 0.4) is 0 Å². The first-order valence-electron chi connectivity index (χ1n) is 15.9. The number of carbonyl (C=O) groups excluding carboxylic acids is 3. The van der Waals surface area contributed by atoms with E-state index < -0.39 is 0 Å². The Balaban J connectivity index is 1.25. The van der Waals surface area contributed by atoms with Crippen molar-refractivity contribution in [1.82, 2.24) is 0 Å². The lowest BCUT2D eigenvalue weighted by Crippen LogP contribution is -2.05. The Morgan fingerprint density at radius 1 is 0.449 bits per heavy atom. The van der Waals surface area contributed by atoms with Gasteiger partial charge in [0.1, 0.15) is 11.5 Å². The summed E-state index contributed by atoms with van der Waals surface area (Å²) in [5.41, 5.74) is 4.44. The van der Waals surface area contributed by atoms with Crippen LogP contribution in [-0.2, 0) is 17.3 Å². The maximum atomic E-state index is 11.7. The van der Waals surface area contributed by atoms with Gasteiger partial charge in [0.05, 0.1) is 10.9 Å². The second-order valence-electron chi connectivity index (χ2n) is 11.7. The Hall–Kier alpha value is -5.17. The molecule has 0 aliphatic heterocycles. The molecule has 6 aromatic carbocycles. The first kappa shape index (κ1) is 33.7. The van der Waals surface area contributed by atoms with Crippen LogP contribution in [0, 0.1) is 0 Å². The quantitative estimate of drug-likeness (QED) is 0.0952. The van der Waals surface area contributed by atoms with Gasteiger partial charge in [-0.3, -0.25) is 14.4 Å². The fourth-order valence-corrected chi connectivity index (χ4v) is 8.18. The van der Waals surface area contributed by atoms with Crippen molar-refractivity contribution in [2.75, 3.05) is 0 Å². The van der Waals surface area contributed by atoms with Crippen molar-refractivity contribution < 1.29 is 19.1 Å². The molecular weight excluding hydrogens is 645 g/mol. The molecule has 0 aromatic heterocycles. The number of rotatable bonds is 12. The third kappa shape index (κ3) is 8.65. The van der Waals surface area contributed by atoms with E-state index in [0.717, 1.165) is 38.0 Å². The van der Waals surface area contributed by atoms with Gasteiger partial charge in [-0.25, -0.2) is 0 Å². The van der Waals surface area contributed by atoms with E-state index in [4.69, 9.17) is 4.74 Å². The predicted molar refractivity (Wildman–Crippen MR) is 198 cm³/mol. The summed E-state index contributed by atoms with van der Waals surface area (Å²) < 4.78 is 6.10. The highest BCUT2D eigenvalue weighted by Crippen LogP contribution is 2.36. The van der Waals surface area contributed by atoms with Crippen LogP contribution in [0.25, 0.3) is 0 Å². The molecule has 6 heteroatoms. The van der Waals surface area contributed by atoms with Crippen molar-refractivity contribution in [3.63, 3.8) is 0 Å². The van der Waals surface area contributed by atoms with Gasteiger partial charge in [0, 0.05) is 26.5 Å². The zero-order chi connectivity index (χ0) is 34.3. The van der Waals surface area contributed by atoms with Gasteiger partial charge in [-0.05, 0) is 135 Å². The molecule has 0 aliphatic rings. The van der Waals surface area contributed by atoms with Crippen LogP contribution in [-0.4, -0.2) is 17.3 Å². The summed E-state index contributed by atoms with van der Waals surface area (Å²) in [4.78, 5) is 40.8. The van der Waals surface area contributed by atoms with E-state index in [2.05, 4.69) is 60.7 Å². The molecule has 0 saturated heterocycles. The van der Waals surface area contributed by atoms with Crippen LogP contribution in [0.15, 0.2) is 170 Å². The molecule has 242 valence electrons. The summed E-state index contributed by atoms with van der Waals surface area (Å²) in [7, 11) is -0.381. The lowest BCUT2D eigenvalue weighted by molar-refractivity contribution is 0.100. The van der Waals surface area contributed by atoms with Crippen LogP contribution in [0.2, 0.25) is 0 Å². The molecule has 0 saturated carbocycles. The predicted octanol–water partition coefficient (Wildman–Crippen LogP) is 10.9. The lowest BCUT2D eigenvalue weighted by atomic mass is 10.0. The third-order valence-corrected chi connectivity index (χ3v) is 11.3. The van der Waals surface area contributed by atoms with Crippen LogP contribution in [0.5, 0.6) is 11.5 Å². The van der Waals surface area contributed by atoms with Crippen molar-refractivity contribution in [1.29, 1.82) is 0 Å². The van der Waals surface area contributed by atoms with Crippen LogP contribution in [0.4, 0.5) is 0 Å². The number of benzene rings is 6. The van der Waals surface area contributed by atoms with Gasteiger partial charge in [0.15, 0.2) is 32.0 Å². The average Bonchev–Trinajstić information content (AvgIpc) is 3.11. The standard InChI is InChI=1S/C43H35O4S2/c1-29(44)34-8-4-32(5-9-34)28-33-6-22-41(23-7-33)49(42-24-16-38(17-25-42)47-37-14-10-35(11-15-37)30(2)45)43-26-20-40(21-27-43)48-39-18-12-36(13-19-39)31(3)46/h4-27H,28H2,1-3H3/q+1. The summed E-state index contributed by atoms with van der Waals surface area (Å²) in [6, 6.07) is 48.4. The molecule has 0 bridgehead atoms. The number of Topliss-reactive ketones (excluding diaryl/α,β-unsaturated/α-hetero) is 3. The SMILES string of the molecule is CC(=O)c1ccc(Cc2ccc([S+](c3ccc(Oc4ccc(C(C)=O)cc4)cc3)c3ccc(Sc4ccc(C(C)=O)cc4)cc3)cc2)cc1. The summed E-state index contributed by atoms with van der Waals surface area (Å²) in [6.45, 7) is 4.72. The average molecular weight is 680 g/mol. The Kier molecular flexibility index (Phi) is 10.6. The molecule has 0 amide bonds. The number of carbonyl (C=O) groups is 3. The van der Waals surface area contributed by atoms with E-state index in [1.54, 1.807) is 44.7 Å². The summed E-state index contributed by atoms with van der Waals surface area (Å²) in [5.74, 6) is 1.55. The Morgan fingerprint density at radius 2 is 0.755 bits per heavy atom. The van der Waals surface area contributed by atoms with Gasteiger partial charge in [0.2, 0.25) is 0 Å². The largest absolute Gasteiger partial charge is 0.457 e. The van der Waals surface area contributed by atoms with E-state index in [0.29, 0.717) is 16.9 Å². The lowest BCUT2D eigenvalue weighted by Gasteiger charge is -2.11. The number of ketones is 3. The van der Waals surface area contributed by atoms with Crippen molar-refractivity contribution in [3.8, 4) is 11.5 Å². The zero-order valence-corrected chi connectivity index (χ0v) is 29.1. The minimum atomic E-state index is -0.381. The summed E-state index contributed by atoms with van der Waals surface area (Å²) in [5, 5.41) is 0. The molecule has 0 aliphatic carbocycles. The molecule has 4 nitrogen and oxygen atoms in total. The van der Waals surface area contributed by atoms with Crippen LogP contribution < -0.4 is 4.74 Å². The molecule has 49 heavy (non-hydrogen) atoms. The Labute approximate surface area is 294 Å². The van der Waals surface area contributed by atoms with Crippen molar-refractivity contribution in [2.45, 2.75) is 51.7 Å². The van der Waals surface area contributed by atoms with Crippen LogP contribution in [0.1, 0.15) is 63.0 Å². The monoisotopic (exact) mass is 679 g/mol. The van der Waals surface area contributed by atoms with E-state index in [1.807, 2.05) is 72.8 Å². The van der Waals surface area contributed by atoms with E-state index >= 15 is 0 Å². The van der Waals surface area contributed by atoms with Gasteiger partial charge in [-0.2, -0.15) is 0 Å². The molecule has 0 spiro atoms. The second-order valence-corrected chi connectivity index (χ2v) is 14.9. The molecule has 0 heterocycles. The maximum Gasteiger partial charge on any atom is 0.166 e.